The molecule has 0 amide bonds. The lowest BCUT2D eigenvalue weighted by Crippen LogP contribution is -2.08. The molecule has 5 heteroatoms. The van der Waals surface area contributed by atoms with E-state index in [1.807, 2.05) is 71.7 Å². The van der Waals surface area contributed by atoms with Gasteiger partial charge in [0.1, 0.15) is 17.3 Å². The number of rotatable bonds is 5. The maximum atomic E-state index is 13.4. The number of nitrogens with zero attached hydrogens (tertiary/aromatic N) is 2. The van der Waals surface area contributed by atoms with Gasteiger partial charge in [-0.2, -0.15) is 5.10 Å². The molecule has 0 radical (unpaired) electrons. The van der Waals surface area contributed by atoms with Crippen LogP contribution < -0.4 is 5.01 Å². The summed E-state index contributed by atoms with van der Waals surface area (Å²) in [6.45, 7) is 0. The molecule has 0 unspecified atom stereocenters. The second kappa shape index (κ2) is 8.11. The van der Waals surface area contributed by atoms with E-state index in [4.69, 9.17) is 16.0 Å². The number of hydrogen-bond donors (Lipinski definition) is 0. The van der Waals surface area contributed by atoms with Gasteiger partial charge in [0.05, 0.1) is 22.6 Å². The highest BCUT2D eigenvalue weighted by Gasteiger charge is 2.09. The van der Waals surface area contributed by atoms with E-state index in [0.29, 0.717) is 17.1 Å². The fourth-order valence-electron chi connectivity index (χ4n) is 2.76. The quantitative estimate of drug-likeness (QED) is 0.273. The summed E-state index contributed by atoms with van der Waals surface area (Å²) in [6, 6.07) is 27.8. The fraction of sp³-hybridized carbons (Fsp3) is 0. The summed E-state index contributed by atoms with van der Waals surface area (Å²) in [5, 5.41) is 6.49. The molecule has 3 nitrogen and oxygen atoms in total. The molecule has 1 heterocycles. The van der Waals surface area contributed by atoms with Crippen LogP contribution >= 0.6 is 11.6 Å². The first-order valence-corrected chi connectivity index (χ1v) is 9.08. The largest absolute Gasteiger partial charge is 0.455 e. The van der Waals surface area contributed by atoms with Crippen LogP contribution in [-0.4, -0.2) is 6.21 Å². The Labute approximate surface area is 167 Å². The molecule has 138 valence electrons. The molecular formula is C23H16ClFN2O. The molecule has 0 aliphatic heterocycles. The van der Waals surface area contributed by atoms with Gasteiger partial charge < -0.3 is 4.42 Å². The van der Waals surface area contributed by atoms with Crippen molar-refractivity contribution in [1.82, 2.24) is 0 Å². The third-order valence-corrected chi connectivity index (χ3v) is 4.42. The van der Waals surface area contributed by atoms with E-state index in [2.05, 4.69) is 5.10 Å². The van der Waals surface area contributed by atoms with Gasteiger partial charge in [-0.25, -0.2) is 9.40 Å². The van der Waals surface area contributed by atoms with Crippen LogP contribution in [0, 0.1) is 5.82 Å². The number of furan rings is 1. The maximum Gasteiger partial charge on any atom is 0.147 e. The van der Waals surface area contributed by atoms with E-state index in [0.717, 1.165) is 11.4 Å². The van der Waals surface area contributed by atoms with Gasteiger partial charge in [-0.15, -0.1) is 0 Å². The van der Waals surface area contributed by atoms with E-state index in [9.17, 15) is 4.39 Å². The highest BCUT2D eigenvalue weighted by Crippen LogP contribution is 2.27. The standard InChI is InChI=1S/C23H16ClFN2O/c24-21-15-17(11-13-22(21)25)23-14-12-20(28-23)16-26-27(18-7-3-1-4-8-18)19-9-5-2-6-10-19/h1-16H/b26-16-. The summed E-state index contributed by atoms with van der Waals surface area (Å²) >= 11 is 5.86. The van der Waals surface area contributed by atoms with Crippen LogP contribution in [0.2, 0.25) is 5.02 Å². The topological polar surface area (TPSA) is 28.7 Å². The zero-order chi connectivity index (χ0) is 19.3. The monoisotopic (exact) mass is 390 g/mol. The Morgan fingerprint density at radius 2 is 1.46 bits per heavy atom. The van der Waals surface area contributed by atoms with Gasteiger partial charge in [-0.05, 0) is 54.6 Å². The van der Waals surface area contributed by atoms with Gasteiger partial charge in [-0.1, -0.05) is 48.0 Å². The van der Waals surface area contributed by atoms with Crippen molar-refractivity contribution < 1.29 is 8.81 Å². The molecule has 28 heavy (non-hydrogen) atoms. The lowest BCUT2D eigenvalue weighted by molar-refractivity contribution is 0.574. The third-order valence-electron chi connectivity index (χ3n) is 4.13. The molecule has 1 aromatic heterocycles. The lowest BCUT2D eigenvalue weighted by Gasteiger charge is -2.18. The number of halogens is 2. The second-order valence-corrected chi connectivity index (χ2v) is 6.47. The minimum atomic E-state index is -0.458. The fourth-order valence-corrected chi connectivity index (χ4v) is 2.94. The Bertz CT molecular complexity index is 1050. The van der Waals surface area contributed by atoms with Gasteiger partial charge in [0.15, 0.2) is 0 Å². The van der Waals surface area contributed by atoms with Crippen molar-refractivity contribution in [2.45, 2.75) is 0 Å². The van der Waals surface area contributed by atoms with Crippen LogP contribution in [0.15, 0.2) is 101 Å². The van der Waals surface area contributed by atoms with Gasteiger partial charge in [0.2, 0.25) is 0 Å². The molecule has 0 spiro atoms. The zero-order valence-corrected chi connectivity index (χ0v) is 15.6. The summed E-state index contributed by atoms with van der Waals surface area (Å²) in [4.78, 5) is 0. The van der Waals surface area contributed by atoms with Crippen molar-refractivity contribution in [1.29, 1.82) is 0 Å². The Morgan fingerprint density at radius 1 is 0.821 bits per heavy atom. The molecule has 0 bridgehead atoms. The van der Waals surface area contributed by atoms with Crippen molar-refractivity contribution in [3.63, 3.8) is 0 Å². The molecular weight excluding hydrogens is 375 g/mol. The minimum Gasteiger partial charge on any atom is -0.455 e. The summed E-state index contributed by atoms with van der Waals surface area (Å²) in [7, 11) is 0. The smallest absolute Gasteiger partial charge is 0.147 e. The van der Waals surface area contributed by atoms with Gasteiger partial charge in [-0.3, -0.25) is 0 Å². The van der Waals surface area contributed by atoms with Crippen LogP contribution in [-0.2, 0) is 0 Å². The average molecular weight is 391 g/mol. The Hall–Kier alpha value is -3.37. The normalized spacial score (nSPS) is 11.1. The van der Waals surface area contributed by atoms with Crippen LogP contribution in [0.3, 0.4) is 0 Å². The van der Waals surface area contributed by atoms with E-state index in [-0.39, 0.29) is 5.02 Å². The molecule has 0 atom stereocenters. The first-order chi connectivity index (χ1) is 13.7. The molecule has 3 aromatic carbocycles. The highest BCUT2D eigenvalue weighted by molar-refractivity contribution is 6.31. The van der Waals surface area contributed by atoms with Crippen molar-refractivity contribution in [3.8, 4) is 11.3 Å². The minimum absolute atomic E-state index is 0.0587. The molecule has 0 saturated carbocycles. The Morgan fingerprint density at radius 3 is 2.07 bits per heavy atom. The molecule has 4 aromatic rings. The summed E-state index contributed by atoms with van der Waals surface area (Å²) in [6.07, 6.45) is 1.65. The molecule has 0 aliphatic rings. The first-order valence-electron chi connectivity index (χ1n) is 8.70. The van der Waals surface area contributed by atoms with Gasteiger partial charge in [0.25, 0.3) is 0 Å². The van der Waals surface area contributed by atoms with Crippen LogP contribution in [0.5, 0.6) is 0 Å². The molecule has 0 fully saturated rings. The molecule has 0 N–H and O–H groups in total. The summed E-state index contributed by atoms with van der Waals surface area (Å²) < 4.78 is 19.2. The summed E-state index contributed by atoms with van der Waals surface area (Å²) in [5.41, 5.74) is 2.57. The van der Waals surface area contributed by atoms with Crippen LogP contribution in [0.25, 0.3) is 11.3 Å². The van der Waals surface area contributed by atoms with E-state index in [1.165, 1.54) is 12.1 Å². The highest BCUT2D eigenvalue weighted by atomic mass is 35.5. The zero-order valence-electron chi connectivity index (χ0n) is 14.8. The predicted molar refractivity (Wildman–Crippen MR) is 112 cm³/mol. The van der Waals surface area contributed by atoms with E-state index in [1.54, 1.807) is 18.3 Å². The molecule has 0 saturated heterocycles. The Balaban J connectivity index is 1.63. The van der Waals surface area contributed by atoms with Crippen molar-refractivity contribution in [2.75, 3.05) is 5.01 Å². The molecule has 4 rings (SSSR count). The number of para-hydroxylation sites is 2. The average Bonchev–Trinajstić information content (AvgIpc) is 3.21. The Kier molecular flexibility index (Phi) is 5.22. The SMILES string of the molecule is Fc1ccc(-c2ccc(/C=N\N(c3ccccc3)c3ccccc3)o2)cc1Cl. The van der Waals surface area contributed by atoms with E-state index < -0.39 is 5.82 Å². The van der Waals surface area contributed by atoms with Crippen LogP contribution in [0.1, 0.15) is 5.76 Å². The lowest BCUT2D eigenvalue weighted by atomic mass is 10.2. The van der Waals surface area contributed by atoms with Crippen molar-refractivity contribution in [2.24, 2.45) is 5.10 Å². The van der Waals surface area contributed by atoms with Gasteiger partial charge >= 0.3 is 0 Å². The molecule has 0 aliphatic carbocycles. The van der Waals surface area contributed by atoms with E-state index >= 15 is 0 Å². The number of benzene rings is 3. The second-order valence-electron chi connectivity index (χ2n) is 6.06. The van der Waals surface area contributed by atoms with Crippen molar-refractivity contribution in [3.05, 3.63) is 108 Å². The first kappa shape index (κ1) is 18.0. The van der Waals surface area contributed by atoms with Crippen molar-refractivity contribution >= 4 is 29.2 Å². The third kappa shape index (κ3) is 3.97. The van der Waals surface area contributed by atoms with Gasteiger partial charge in [0, 0.05) is 5.56 Å². The maximum absolute atomic E-state index is 13.4. The number of hydrazone groups is 1. The predicted octanol–water partition coefficient (Wildman–Crippen LogP) is 6.91. The number of anilines is 2. The number of hydrogen-bond acceptors (Lipinski definition) is 3. The van der Waals surface area contributed by atoms with Crippen LogP contribution in [0.4, 0.5) is 15.8 Å². The summed E-state index contributed by atoms with van der Waals surface area (Å²) in [5.74, 6) is 0.710.